The molecule has 1 nitrogen and oxygen atoms in total. The smallest absolute Gasteiger partial charge is 0.173 e. The summed E-state index contributed by atoms with van der Waals surface area (Å²) in [6, 6.07) is 4.52. The van der Waals surface area contributed by atoms with Gasteiger partial charge in [-0.3, -0.25) is 0 Å². The molecule has 72 valence electrons. The van der Waals surface area contributed by atoms with Crippen molar-refractivity contribution >= 4 is 11.6 Å². The van der Waals surface area contributed by atoms with Crippen LogP contribution in [0.2, 0.25) is 5.02 Å². The quantitative estimate of drug-likeness (QED) is 0.678. The van der Waals surface area contributed by atoms with Crippen LogP contribution in [0.15, 0.2) is 18.2 Å². The molecule has 1 aromatic rings. The maximum absolute atomic E-state index is 13.1. The van der Waals surface area contributed by atoms with Gasteiger partial charge in [-0.1, -0.05) is 31.0 Å². The highest BCUT2D eigenvalue weighted by Gasteiger charge is 2.06. The first kappa shape index (κ1) is 10.3. The van der Waals surface area contributed by atoms with Crippen LogP contribution in [0.25, 0.3) is 0 Å². The molecule has 0 unspecified atom stereocenters. The van der Waals surface area contributed by atoms with Crippen LogP contribution in [0.1, 0.15) is 19.8 Å². The molecule has 0 saturated heterocycles. The van der Waals surface area contributed by atoms with Crippen LogP contribution >= 0.6 is 11.6 Å². The molecule has 0 bridgehead atoms. The Kier molecular flexibility index (Phi) is 4.03. The van der Waals surface area contributed by atoms with Gasteiger partial charge in [0.1, 0.15) is 0 Å². The molecule has 0 fully saturated rings. The summed E-state index contributed by atoms with van der Waals surface area (Å²) in [6.45, 7) is 2.56. The largest absolute Gasteiger partial charge is 0.489 e. The molecule has 0 spiro atoms. The maximum Gasteiger partial charge on any atom is 0.173 e. The number of unbranched alkanes of at least 4 members (excludes halogenated alkanes) is 1. The predicted molar refractivity (Wildman–Crippen MR) is 51.8 cm³/mol. The topological polar surface area (TPSA) is 9.23 Å². The van der Waals surface area contributed by atoms with Crippen LogP contribution in [0.5, 0.6) is 5.75 Å². The second kappa shape index (κ2) is 5.07. The summed E-state index contributed by atoms with van der Waals surface area (Å²) < 4.78 is 18.3. The van der Waals surface area contributed by atoms with Gasteiger partial charge in [-0.05, 0) is 18.6 Å². The van der Waals surface area contributed by atoms with Crippen LogP contribution in [0, 0.1) is 5.82 Å². The van der Waals surface area contributed by atoms with Gasteiger partial charge in [-0.25, -0.2) is 4.39 Å². The first-order chi connectivity index (χ1) is 6.25. The molecule has 0 aliphatic carbocycles. The molecular weight excluding hydrogens is 191 g/mol. The van der Waals surface area contributed by atoms with Gasteiger partial charge < -0.3 is 4.74 Å². The number of hydrogen-bond donors (Lipinski definition) is 0. The zero-order chi connectivity index (χ0) is 9.68. The number of hydrogen-bond acceptors (Lipinski definition) is 1. The van der Waals surface area contributed by atoms with Gasteiger partial charge in [0.25, 0.3) is 0 Å². The van der Waals surface area contributed by atoms with Crippen molar-refractivity contribution < 1.29 is 9.13 Å². The Bertz CT molecular complexity index is 255. The molecule has 0 amide bonds. The number of benzene rings is 1. The average molecular weight is 203 g/mol. The minimum atomic E-state index is -0.399. The second-order valence-corrected chi connectivity index (χ2v) is 3.16. The van der Waals surface area contributed by atoms with E-state index in [1.54, 1.807) is 12.1 Å². The third-order valence-electron chi connectivity index (χ3n) is 1.66. The van der Waals surface area contributed by atoms with E-state index in [1.807, 2.05) is 6.92 Å². The fourth-order valence-electron chi connectivity index (χ4n) is 0.939. The molecule has 1 aromatic carbocycles. The number of ether oxygens (including phenoxy) is 1. The van der Waals surface area contributed by atoms with E-state index in [2.05, 4.69) is 0 Å². The van der Waals surface area contributed by atoms with Crippen LogP contribution in [-0.2, 0) is 0 Å². The minimum Gasteiger partial charge on any atom is -0.489 e. The molecule has 0 aliphatic heterocycles. The zero-order valence-electron chi connectivity index (χ0n) is 7.52. The van der Waals surface area contributed by atoms with Crippen LogP contribution in [-0.4, -0.2) is 6.61 Å². The normalized spacial score (nSPS) is 10.1. The lowest BCUT2D eigenvalue weighted by molar-refractivity contribution is 0.294. The summed E-state index contributed by atoms with van der Waals surface area (Å²) in [6.07, 6.45) is 1.93. The van der Waals surface area contributed by atoms with Crippen molar-refractivity contribution in [1.82, 2.24) is 0 Å². The summed E-state index contributed by atoms with van der Waals surface area (Å²) in [4.78, 5) is 0. The molecule has 0 aromatic heterocycles. The highest BCUT2D eigenvalue weighted by molar-refractivity contribution is 6.32. The fraction of sp³-hybridized carbons (Fsp3) is 0.400. The van der Waals surface area contributed by atoms with E-state index in [-0.39, 0.29) is 5.75 Å². The van der Waals surface area contributed by atoms with E-state index in [4.69, 9.17) is 16.3 Å². The lowest BCUT2D eigenvalue weighted by Crippen LogP contribution is -1.98. The van der Waals surface area contributed by atoms with Gasteiger partial charge >= 0.3 is 0 Å². The Morgan fingerprint density at radius 2 is 2.23 bits per heavy atom. The van der Waals surface area contributed by atoms with Crippen molar-refractivity contribution in [3.05, 3.63) is 29.0 Å². The van der Waals surface area contributed by atoms with Crippen molar-refractivity contribution in [2.75, 3.05) is 6.61 Å². The summed E-state index contributed by atoms with van der Waals surface area (Å²) in [7, 11) is 0. The minimum absolute atomic E-state index is 0.164. The van der Waals surface area contributed by atoms with Crippen molar-refractivity contribution in [3.63, 3.8) is 0 Å². The monoisotopic (exact) mass is 202 g/mol. The highest BCUT2D eigenvalue weighted by atomic mass is 35.5. The summed E-state index contributed by atoms with van der Waals surface area (Å²) in [5, 5.41) is 0.330. The molecule has 0 saturated carbocycles. The van der Waals surface area contributed by atoms with Crippen LogP contribution in [0.4, 0.5) is 4.39 Å². The predicted octanol–water partition coefficient (Wildman–Crippen LogP) is 3.66. The third kappa shape index (κ3) is 2.88. The second-order valence-electron chi connectivity index (χ2n) is 2.75. The number of rotatable bonds is 4. The van der Waals surface area contributed by atoms with Gasteiger partial charge in [-0.15, -0.1) is 0 Å². The van der Waals surface area contributed by atoms with Crippen molar-refractivity contribution in [2.45, 2.75) is 19.8 Å². The summed E-state index contributed by atoms with van der Waals surface area (Å²) >= 11 is 5.74. The standard InChI is InChI=1S/C10H12ClFO/c1-2-3-7-13-10-8(11)5-4-6-9(10)12/h4-6H,2-3,7H2,1H3. The maximum atomic E-state index is 13.1. The first-order valence-electron chi connectivity index (χ1n) is 4.32. The number of para-hydroxylation sites is 1. The lowest BCUT2D eigenvalue weighted by atomic mass is 10.3. The van der Waals surface area contributed by atoms with E-state index in [0.717, 1.165) is 12.8 Å². The SMILES string of the molecule is CCCCOc1c(F)cccc1Cl. The Labute approximate surface area is 82.5 Å². The Morgan fingerprint density at radius 3 is 2.85 bits per heavy atom. The van der Waals surface area contributed by atoms with Gasteiger partial charge in [0, 0.05) is 0 Å². The Morgan fingerprint density at radius 1 is 1.46 bits per heavy atom. The molecule has 0 radical (unpaired) electrons. The van der Waals surface area contributed by atoms with Crippen molar-refractivity contribution in [1.29, 1.82) is 0 Å². The van der Waals surface area contributed by atoms with E-state index in [1.165, 1.54) is 6.07 Å². The average Bonchev–Trinajstić information content (AvgIpc) is 2.10. The van der Waals surface area contributed by atoms with Gasteiger partial charge in [0.2, 0.25) is 0 Å². The molecule has 3 heteroatoms. The molecule has 13 heavy (non-hydrogen) atoms. The van der Waals surface area contributed by atoms with Crippen molar-refractivity contribution in [3.8, 4) is 5.75 Å². The lowest BCUT2D eigenvalue weighted by Gasteiger charge is -2.07. The van der Waals surface area contributed by atoms with E-state index in [0.29, 0.717) is 11.6 Å². The molecular formula is C10H12ClFO. The van der Waals surface area contributed by atoms with E-state index < -0.39 is 5.82 Å². The number of halogens is 2. The molecule has 0 aliphatic rings. The van der Waals surface area contributed by atoms with Crippen LogP contribution in [0.3, 0.4) is 0 Å². The first-order valence-corrected chi connectivity index (χ1v) is 4.70. The fourth-order valence-corrected chi connectivity index (χ4v) is 1.16. The van der Waals surface area contributed by atoms with Gasteiger partial charge in [-0.2, -0.15) is 0 Å². The molecule has 0 atom stereocenters. The van der Waals surface area contributed by atoms with E-state index >= 15 is 0 Å². The Hall–Kier alpha value is -0.760. The Balaban J connectivity index is 2.64. The molecule has 1 rings (SSSR count). The van der Waals surface area contributed by atoms with Crippen LogP contribution < -0.4 is 4.74 Å². The summed E-state index contributed by atoms with van der Waals surface area (Å²) in [5.74, 6) is -0.235. The third-order valence-corrected chi connectivity index (χ3v) is 1.96. The zero-order valence-corrected chi connectivity index (χ0v) is 8.27. The van der Waals surface area contributed by atoms with Gasteiger partial charge in [0.15, 0.2) is 11.6 Å². The summed E-state index contributed by atoms with van der Waals surface area (Å²) in [5.41, 5.74) is 0. The highest BCUT2D eigenvalue weighted by Crippen LogP contribution is 2.27. The molecule has 0 heterocycles. The van der Waals surface area contributed by atoms with E-state index in [9.17, 15) is 4.39 Å². The van der Waals surface area contributed by atoms with Crippen molar-refractivity contribution in [2.24, 2.45) is 0 Å². The van der Waals surface area contributed by atoms with Gasteiger partial charge in [0.05, 0.1) is 11.6 Å². The molecule has 0 N–H and O–H groups in total.